The van der Waals surface area contributed by atoms with Crippen LogP contribution in [-0.2, 0) is 9.53 Å². The van der Waals surface area contributed by atoms with Gasteiger partial charge in [-0.1, -0.05) is 0 Å². The van der Waals surface area contributed by atoms with E-state index >= 15 is 0 Å². The van der Waals surface area contributed by atoms with Crippen LogP contribution in [0.4, 0.5) is 4.39 Å². The van der Waals surface area contributed by atoms with Crippen LogP contribution < -0.4 is 5.73 Å². The Bertz CT molecular complexity index is 867. The highest BCUT2D eigenvalue weighted by Gasteiger charge is 2.20. The summed E-state index contributed by atoms with van der Waals surface area (Å²) in [5.41, 5.74) is 11.0. The van der Waals surface area contributed by atoms with Gasteiger partial charge in [0.15, 0.2) is 0 Å². The van der Waals surface area contributed by atoms with Crippen LogP contribution in [0.15, 0.2) is 24.3 Å². The fraction of sp³-hybridized carbons (Fsp3) is 0.333. The van der Waals surface area contributed by atoms with E-state index in [1.165, 1.54) is 0 Å². The number of ether oxygens (including phenoxy) is 1. The molecule has 0 aliphatic heterocycles. The summed E-state index contributed by atoms with van der Waals surface area (Å²) in [5, 5.41) is 9.11. The summed E-state index contributed by atoms with van der Waals surface area (Å²) >= 11 is 0. The number of benzene rings is 2. The van der Waals surface area contributed by atoms with Crippen LogP contribution in [0, 0.1) is 37.9 Å². The summed E-state index contributed by atoms with van der Waals surface area (Å²) < 4.78 is 19.5. The minimum Gasteiger partial charge on any atom is -0.466 e. The summed E-state index contributed by atoms with van der Waals surface area (Å²) in [7, 11) is 0. The molecule has 0 spiro atoms. The summed E-state index contributed by atoms with van der Waals surface area (Å²) in [5.74, 6) is -0.859. The van der Waals surface area contributed by atoms with Crippen molar-refractivity contribution in [1.82, 2.24) is 0 Å². The van der Waals surface area contributed by atoms with E-state index in [2.05, 4.69) is 6.07 Å². The van der Waals surface area contributed by atoms with Gasteiger partial charge in [-0.25, -0.2) is 4.39 Å². The molecule has 0 radical (unpaired) electrons. The zero-order chi connectivity index (χ0) is 19.4. The zero-order valence-electron chi connectivity index (χ0n) is 15.9. The zero-order valence-corrected chi connectivity index (χ0v) is 16.7. The molecule has 0 unspecified atom stereocenters. The van der Waals surface area contributed by atoms with Crippen molar-refractivity contribution in [2.75, 3.05) is 6.61 Å². The lowest BCUT2D eigenvalue weighted by atomic mass is 9.90. The summed E-state index contributed by atoms with van der Waals surface area (Å²) in [6.45, 7) is 7.48. The van der Waals surface area contributed by atoms with Gasteiger partial charge in [-0.3, -0.25) is 4.79 Å². The van der Waals surface area contributed by atoms with Crippen molar-refractivity contribution in [3.05, 3.63) is 57.9 Å². The van der Waals surface area contributed by atoms with Crippen molar-refractivity contribution >= 4 is 18.4 Å². The number of esters is 1. The van der Waals surface area contributed by atoms with Gasteiger partial charge < -0.3 is 10.5 Å². The minimum absolute atomic E-state index is 0. The monoisotopic (exact) mass is 390 g/mol. The number of halogens is 2. The first-order valence-corrected chi connectivity index (χ1v) is 8.51. The highest BCUT2D eigenvalue weighted by atomic mass is 35.5. The molecule has 144 valence electrons. The maximum atomic E-state index is 14.6. The third-order valence-corrected chi connectivity index (χ3v) is 4.32. The summed E-state index contributed by atoms with van der Waals surface area (Å²) in [6.07, 6.45) is -0.0843. The normalized spacial score (nSPS) is 11.3. The molecule has 4 nitrogen and oxygen atoms in total. The lowest BCUT2D eigenvalue weighted by Gasteiger charge is -2.18. The van der Waals surface area contributed by atoms with Crippen LogP contribution >= 0.6 is 12.4 Å². The number of hydrogen-bond acceptors (Lipinski definition) is 4. The molecule has 0 heterocycles. The first-order valence-electron chi connectivity index (χ1n) is 8.51. The molecule has 1 atom stereocenters. The standard InChI is InChI=1S/C21H23FN2O2.ClH/c1-5-26-19(25)10-18(24)17-9-16(8-14(4)21(17)22)20-12(2)6-15(11-23)7-13(20)3;/h6-9,18H,5,10,24H2,1-4H3;1H/t18-;/m0./s1. The third kappa shape index (κ3) is 5.06. The first kappa shape index (κ1) is 22.6. The molecular weight excluding hydrogens is 367 g/mol. The van der Waals surface area contributed by atoms with Crippen LogP contribution in [0.3, 0.4) is 0 Å². The van der Waals surface area contributed by atoms with E-state index in [0.717, 1.165) is 22.3 Å². The number of nitrogens with zero attached hydrogens (tertiary/aromatic N) is 1. The Hall–Kier alpha value is -2.42. The number of nitrogens with two attached hydrogens (primary N) is 1. The third-order valence-electron chi connectivity index (χ3n) is 4.32. The average Bonchev–Trinajstić information content (AvgIpc) is 2.57. The highest BCUT2D eigenvalue weighted by molar-refractivity contribution is 5.85. The molecule has 2 aromatic carbocycles. The minimum atomic E-state index is -0.785. The van der Waals surface area contributed by atoms with Crippen molar-refractivity contribution < 1.29 is 13.9 Å². The molecule has 0 aromatic heterocycles. The summed E-state index contributed by atoms with van der Waals surface area (Å²) in [6, 6.07) is 8.41. The smallest absolute Gasteiger partial charge is 0.307 e. The predicted molar refractivity (Wildman–Crippen MR) is 106 cm³/mol. The Kier molecular flexibility index (Phi) is 7.96. The molecule has 2 rings (SSSR count). The second kappa shape index (κ2) is 9.50. The average molecular weight is 391 g/mol. The fourth-order valence-corrected chi connectivity index (χ4v) is 3.20. The number of carbonyl (C=O) groups is 1. The van der Waals surface area contributed by atoms with E-state index in [1.54, 1.807) is 38.1 Å². The Morgan fingerprint density at radius 1 is 1.19 bits per heavy atom. The Labute approximate surface area is 165 Å². The van der Waals surface area contributed by atoms with E-state index in [9.17, 15) is 9.18 Å². The van der Waals surface area contributed by atoms with Crippen molar-refractivity contribution in [3.8, 4) is 17.2 Å². The topological polar surface area (TPSA) is 76.1 Å². The quantitative estimate of drug-likeness (QED) is 0.753. The Balaban J connectivity index is 0.00000364. The first-order chi connectivity index (χ1) is 12.3. The van der Waals surface area contributed by atoms with Gasteiger partial charge in [0, 0.05) is 11.6 Å². The molecule has 0 fully saturated rings. The molecule has 0 aliphatic carbocycles. The molecule has 0 amide bonds. The van der Waals surface area contributed by atoms with Gasteiger partial charge in [0.1, 0.15) is 5.82 Å². The highest BCUT2D eigenvalue weighted by Crippen LogP contribution is 2.33. The molecule has 27 heavy (non-hydrogen) atoms. The molecular formula is C21H24ClFN2O2. The van der Waals surface area contributed by atoms with E-state index in [1.807, 2.05) is 13.8 Å². The number of rotatable bonds is 5. The predicted octanol–water partition coefficient (Wildman–Crippen LogP) is 4.66. The molecule has 0 bridgehead atoms. The largest absolute Gasteiger partial charge is 0.466 e. The van der Waals surface area contributed by atoms with Crippen LogP contribution in [0.5, 0.6) is 0 Å². The van der Waals surface area contributed by atoms with Crippen LogP contribution in [0.25, 0.3) is 11.1 Å². The molecule has 0 saturated carbocycles. The van der Waals surface area contributed by atoms with Gasteiger partial charge in [0.2, 0.25) is 0 Å². The molecule has 0 saturated heterocycles. The van der Waals surface area contributed by atoms with Gasteiger partial charge in [-0.05, 0) is 79.8 Å². The lowest BCUT2D eigenvalue weighted by molar-refractivity contribution is -0.143. The maximum absolute atomic E-state index is 14.6. The van der Waals surface area contributed by atoms with E-state index in [0.29, 0.717) is 11.1 Å². The Morgan fingerprint density at radius 3 is 2.30 bits per heavy atom. The van der Waals surface area contributed by atoms with Gasteiger partial charge in [-0.15, -0.1) is 12.4 Å². The van der Waals surface area contributed by atoms with Gasteiger partial charge in [0.05, 0.1) is 24.7 Å². The van der Waals surface area contributed by atoms with E-state index in [4.69, 9.17) is 15.7 Å². The van der Waals surface area contributed by atoms with E-state index in [-0.39, 0.29) is 31.0 Å². The molecule has 0 aliphatic rings. The number of hydrogen-bond donors (Lipinski definition) is 1. The van der Waals surface area contributed by atoms with Crippen LogP contribution in [0.1, 0.15) is 47.2 Å². The van der Waals surface area contributed by atoms with Crippen LogP contribution in [-0.4, -0.2) is 12.6 Å². The molecule has 2 N–H and O–H groups in total. The van der Waals surface area contributed by atoms with Gasteiger partial charge >= 0.3 is 5.97 Å². The number of nitriles is 1. The van der Waals surface area contributed by atoms with E-state index < -0.39 is 17.8 Å². The number of aryl methyl sites for hydroxylation is 3. The SMILES string of the molecule is CCOC(=O)C[C@H](N)c1cc(-c2c(C)cc(C#N)cc2C)cc(C)c1F.Cl. The molecule has 2 aromatic rings. The number of carbonyl (C=O) groups excluding carboxylic acids is 1. The van der Waals surface area contributed by atoms with Crippen molar-refractivity contribution in [2.45, 2.75) is 40.2 Å². The second-order valence-electron chi connectivity index (χ2n) is 6.41. The van der Waals surface area contributed by atoms with Crippen molar-refractivity contribution in [1.29, 1.82) is 5.26 Å². The second-order valence-corrected chi connectivity index (χ2v) is 6.41. The van der Waals surface area contributed by atoms with Crippen molar-refractivity contribution in [3.63, 3.8) is 0 Å². The van der Waals surface area contributed by atoms with Gasteiger partial charge in [-0.2, -0.15) is 5.26 Å². The van der Waals surface area contributed by atoms with Gasteiger partial charge in [0.25, 0.3) is 0 Å². The Morgan fingerprint density at radius 2 is 1.78 bits per heavy atom. The lowest BCUT2D eigenvalue weighted by Crippen LogP contribution is -2.19. The fourth-order valence-electron chi connectivity index (χ4n) is 3.20. The molecule has 6 heteroatoms. The van der Waals surface area contributed by atoms with Crippen molar-refractivity contribution in [2.24, 2.45) is 5.73 Å². The van der Waals surface area contributed by atoms with Crippen LogP contribution in [0.2, 0.25) is 0 Å². The maximum Gasteiger partial charge on any atom is 0.307 e. The summed E-state index contributed by atoms with van der Waals surface area (Å²) in [4.78, 5) is 11.7.